The van der Waals surface area contributed by atoms with Crippen LogP contribution in [0.4, 0.5) is 0 Å². The molecule has 0 radical (unpaired) electrons. The fourth-order valence-electron chi connectivity index (χ4n) is 1.98. The van der Waals surface area contributed by atoms with Gasteiger partial charge in [0, 0.05) is 39.0 Å². The number of hydrogen-bond acceptors (Lipinski definition) is 5. The minimum atomic E-state index is -2.87. The Labute approximate surface area is 115 Å². The largest absolute Gasteiger partial charge is 0.392 e. The van der Waals surface area contributed by atoms with Crippen LogP contribution < -0.4 is 5.73 Å². The van der Waals surface area contributed by atoms with Crippen LogP contribution >= 0.6 is 12.2 Å². The number of nitrogens with zero attached hydrogens (tertiary/aromatic N) is 2. The predicted molar refractivity (Wildman–Crippen MR) is 78.6 cm³/mol. The molecule has 1 saturated heterocycles. The third kappa shape index (κ3) is 4.46. The highest BCUT2D eigenvalue weighted by Crippen LogP contribution is 2.17. The summed E-state index contributed by atoms with van der Waals surface area (Å²) < 4.78 is 22.2. The van der Waals surface area contributed by atoms with Crippen LogP contribution in [0.3, 0.4) is 0 Å². The van der Waals surface area contributed by atoms with Gasteiger partial charge in [0.15, 0.2) is 0 Å². The van der Waals surface area contributed by atoms with E-state index in [-0.39, 0.29) is 11.3 Å². The summed E-state index contributed by atoms with van der Waals surface area (Å²) in [5.74, 6) is 0.228. The molecule has 1 heterocycles. The highest BCUT2D eigenvalue weighted by molar-refractivity contribution is 7.90. The molecule has 0 atom stereocenters. The number of nitrogens with two attached hydrogens (primary N) is 1. The third-order valence-electron chi connectivity index (χ3n) is 3.54. The molecule has 0 aromatic carbocycles. The minimum Gasteiger partial charge on any atom is -0.392 e. The first-order chi connectivity index (χ1) is 8.13. The van der Waals surface area contributed by atoms with Crippen molar-refractivity contribution in [2.75, 3.05) is 44.7 Å². The Bertz CT molecular complexity index is 399. The summed E-state index contributed by atoms with van der Waals surface area (Å²) in [7, 11) is -2.87. The van der Waals surface area contributed by atoms with Crippen LogP contribution in [0, 0.1) is 0 Å². The van der Waals surface area contributed by atoms with Crippen LogP contribution in [0.25, 0.3) is 0 Å². The summed E-state index contributed by atoms with van der Waals surface area (Å²) in [6.45, 7) is 8.13. The van der Waals surface area contributed by atoms with Crippen LogP contribution in [-0.4, -0.2) is 73.5 Å². The van der Waals surface area contributed by atoms with Crippen LogP contribution in [0.15, 0.2) is 0 Å². The zero-order valence-corrected chi connectivity index (χ0v) is 13.0. The maximum atomic E-state index is 11.1. The molecule has 0 spiro atoms. The smallest absolute Gasteiger partial charge is 0.148 e. The second kappa shape index (κ2) is 5.81. The molecule has 0 saturated carbocycles. The van der Waals surface area contributed by atoms with Gasteiger partial charge in [-0.3, -0.25) is 9.80 Å². The van der Waals surface area contributed by atoms with E-state index in [4.69, 9.17) is 18.0 Å². The van der Waals surface area contributed by atoms with Crippen molar-refractivity contribution < 1.29 is 8.42 Å². The lowest BCUT2D eigenvalue weighted by atomic mass is 10.0. The summed E-state index contributed by atoms with van der Waals surface area (Å²) >= 11 is 5.09. The van der Waals surface area contributed by atoms with E-state index >= 15 is 0 Å². The van der Waals surface area contributed by atoms with Gasteiger partial charge in [-0.25, -0.2) is 8.42 Å². The van der Waals surface area contributed by atoms with E-state index < -0.39 is 9.84 Å². The maximum absolute atomic E-state index is 11.1. The second-order valence-electron chi connectivity index (χ2n) is 5.38. The molecule has 18 heavy (non-hydrogen) atoms. The molecule has 106 valence electrons. The van der Waals surface area contributed by atoms with E-state index in [0.29, 0.717) is 11.5 Å². The Hall–Kier alpha value is -0.240. The molecule has 1 fully saturated rings. The molecule has 0 aromatic rings. The lowest BCUT2D eigenvalue weighted by molar-refractivity contribution is 0.0895. The van der Waals surface area contributed by atoms with E-state index in [0.717, 1.165) is 26.2 Å². The monoisotopic (exact) mass is 293 g/mol. The molecule has 1 aliphatic heterocycles. The molecular formula is C11H23N3O2S2. The predicted octanol–water partition coefficient (Wildman–Crippen LogP) is -0.287. The summed E-state index contributed by atoms with van der Waals surface area (Å²) in [4.78, 5) is 4.94. The average Bonchev–Trinajstić information content (AvgIpc) is 2.26. The van der Waals surface area contributed by atoms with Crippen LogP contribution in [-0.2, 0) is 9.84 Å². The first-order valence-corrected chi connectivity index (χ1v) is 8.55. The molecular weight excluding hydrogens is 270 g/mol. The van der Waals surface area contributed by atoms with Crippen molar-refractivity contribution in [1.29, 1.82) is 0 Å². The number of piperazine rings is 1. The van der Waals surface area contributed by atoms with Gasteiger partial charge in [-0.1, -0.05) is 12.2 Å². The van der Waals surface area contributed by atoms with E-state index in [1.807, 2.05) is 13.8 Å². The molecule has 2 N–H and O–H groups in total. The summed E-state index contributed by atoms with van der Waals surface area (Å²) in [6, 6.07) is 0. The summed E-state index contributed by atoms with van der Waals surface area (Å²) in [6.07, 6.45) is 1.28. The van der Waals surface area contributed by atoms with E-state index in [9.17, 15) is 8.42 Å². The molecule has 0 bridgehead atoms. The molecule has 0 unspecified atom stereocenters. The van der Waals surface area contributed by atoms with Crippen molar-refractivity contribution in [2.45, 2.75) is 19.4 Å². The number of thiocarbonyl (C=S) groups is 1. The Morgan fingerprint density at radius 2 is 1.78 bits per heavy atom. The summed E-state index contributed by atoms with van der Waals surface area (Å²) in [5.41, 5.74) is 5.48. The van der Waals surface area contributed by atoms with Gasteiger partial charge in [-0.05, 0) is 13.8 Å². The van der Waals surface area contributed by atoms with Crippen molar-refractivity contribution >= 4 is 27.0 Å². The minimum absolute atomic E-state index is 0.228. The second-order valence-corrected chi connectivity index (χ2v) is 8.08. The number of sulfone groups is 1. The molecule has 0 amide bonds. The van der Waals surface area contributed by atoms with E-state index in [2.05, 4.69) is 9.80 Å². The van der Waals surface area contributed by atoms with Crippen molar-refractivity contribution in [2.24, 2.45) is 5.73 Å². The Balaban J connectivity index is 2.44. The molecule has 0 aliphatic carbocycles. The Morgan fingerprint density at radius 1 is 1.28 bits per heavy atom. The number of hydrogen-bond donors (Lipinski definition) is 1. The normalized spacial score (nSPS) is 19.9. The van der Waals surface area contributed by atoms with Gasteiger partial charge < -0.3 is 5.73 Å². The summed E-state index contributed by atoms with van der Waals surface area (Å²) in [5, 5.41) is 0. The first-order valence-electron chi connectivity index (χ1n) is 6.08. The van der Waals surface area contributed by atoms with Gasteiger partial charge in [0.1, 0.15) is 9.84 Å². The van der Waals surface area contributed by atoms with Crippen molar-refractivity contribution in [1.82, 2.24) is 9.80 Å². The highest BCUT2D eigenvalue weighted by atomic mass is 32.2. The van der Waals surface area contributed by atoms with Crippen LogP contribution in [0.1, 0.15) is 13.8 Å². The van der Waals surface area contributed by atoms with E-state index in [1.54, 1.807) is 0 Å². The highest BCUT2D eigenvalue weighted by Gasteiger charge is 2.32. The van der Waals surface area contributed by atoms with E-state index in [1.165, 1.54) is 6.26 Å². The lowest BCUT2D eigenvalue weighted by Gasteiger charge is -2.43. The maximum Gasteiger partial charge on any atom is 0.148 e. The van der Waals surface area contributed by atoms with Gasteiger partial charge in [-0.15, -0.1) is 0 Å². The standard InChI is InChI=1S/C11H23N3O2S2/c1-11(2,10(12)17)14-6-4-13(5-7-14)8-9-18(3,15)16/h4-9H2,1-3H3,(H2,12,17). The van der Waals surface area contributed by atoms with Crippen molar-refractivity contribution in [3.05, 3.63) is 0 Å². The molecule has 7 heteroatoms. The topological polar surface area (TPSA) is 66.6 Å². The molecule has 1 rings (SSSR count). The fraction of sp³-hybridized carbons (Fsp3) is 0.909. The Morgan fingerprint density at radius 3 is 2.17 bits per heavy atom. The SMILES string of the molecule is CC(C)(C(N)=S)N1CCN(CCS(C)(=O)=O)CC1. The van der Waals surface area contributed by atoms with Crippen molar-refractivity contribution in [3.63, 3.8) is 0 Å². The van der Waals surface area contributed by atoms with Gasteiger partial charge in [0.2, 0.25) is 0 Å². The van der Waals surface area contributed by atoms with Crippen LogP contribution in [0.2, 0.25) is 0 Å². The van der Waals surface area contributed by atoms with Gasteiger partial charge in [-0.2, -0.15) is 0 Å². The Kier molecular flexibility index (Phi) is 5.11. The van der Waals surface area contributed by atoms with Gasteiger partial charge in [0.05, 0.1) is 16.3 Å². The zero-order valence-electron chi connectivity index (χ0n) is 11.3. The first kappa shape index (κ1) is 15.8. The van der Waals surface area contributed by atoms with Gasteiger partial charge >= 0.3 is 0 Å². The van der Waals surface area contributed by atoms with Crippen LogP contribution in [0.5, 0.6) is 0 Å². The number of rotatable bonds is 5. The molecule has 5 nitrogen and oxygen atoms in total. The zero-order chi connectivity index (χ0) is 14.0. The third-order valence-corrected chi connectivity index (χ3v) is 4.97. The lowest BCUT2D eigenvalue weighted by Crippen LogP contribution is -2.59. The molecule has 1 aliphatic rings. The van der Waals surface area contributed by atoms with Gasteiger partial charge in [0.25, 0.3) is 0 Å². The quantitative estimate of drug-likeness (QED) is 0.703. The average molecular weight is 293 g/mol. The van der Waals surface area contributed by atoms with Crippen molar-refractivity contribution in [3.8, 4) is 0 Å². The fourth-order valence-corrected chi connectivity index (χ4v) is 2.70. The molecule has 0 aromatic heterocycles.